The summed E-state index contributed by atoms with van der Waals surface area (Å²) in [6.07, 6.45) is 1.86. The number of aryl methyl sites for hydroxylation is 3. The molecule has 0 fully saturated rings. The Kier molecular flexibility index (Phi) is 5.54. The van der Waals surface area contributed by atoms with Gasteiger partial charge in [-0.1, -0.05) is 49.4 Å². The van der Waals surface area contributed by atoms with Gasteiger partial charge in [0.2, 0.25) is 5.78 Å². The Morgan fingerprint density at radius 3 is 2.67 bits per heavy atom. The van der Waals surface area contributed by atoms with Gasteiger partial charge in [0.05, 0.1) is 10.9 Å². The molecule has 0 bridgehead atoms. The normalized spacial score (nSPS) is 11.7. The van der Waals surface area contributed by atoms with Crippen LogP contribution in [0.15, 0.2) is 61.6 Å². The third kappa shape index (κ3) is 3.64. The van der Waals surface area contributed by atoms with Gasteiger partial charge in [-0.05, 0) is 49.1 Å². The highest BCUT2D eigenvalue weighted by molar-refractivity contribution is 7.98. The summed E-state index contributed by atoms with van der Waals surface area (Å²) in [5, 5.41) is 11.0. The molecule has 3 aromatic heterocycles. The van der Waals surface area contributed by atoms with Crippen LogP contribution in [0.5, 0.6) is 0 Å². The smallest absolute Gasteiger partial charge is 0.336 e. The molecule has 0 aliphatic rings. The molecule has 7 nitrogen and oxygen atoms in total. The zero-order valence-electron chi connectivity index (χ0n) is 18.8. The van der Waals surface area contributed by atoms with Gasteiger partial charge in [0, 0.05) is 23.8 Å². The largest absolute Gasteiger partial charge is 0.422 e. The van der Waals surface area contributed by atoms with Crippen LogP contribution < -0.4 is 11.2 Å². The van der Waals surface area contributed by atoms with E-state index in [4.69, 9.17) is 4.42 Å². The fourth-order valence-corrected chi connectivity index (χ4v) is 5.06. The Bertz CT molecular complexity index is 1630. The summed E-state index contributed by atoms with van der Waals surface area (Å²) in [7, 11) is 0. The van der Waals surface area contributed by atoms with Crippen LogP contribution in [0.25, 0.3) is 27.6 Å². The Labute approximate surface area is 194 Å². The first-order chi connectivity index (χ1) is 16.0. The van der Waals surface area contributed by atoms with Gasteiger partial charge in [-0.15, -0.1) is 10.2 Å². The van der Waals surface area contributed by atoms with Gasteiger partial charge in [0.15, 0.2) is 5.16 Å². The molecule has 168 valence electrons. The molecular formula is C25H24N4O3S. The molecule has 0 saturated heterocycles. The summed E-state index contributed by atoms with van der Waals surface area (Å²) in [5.74, 6) is 1.06. The second-order valence-corrected chi connectivity index (χ2v) is 9.15. The lowest BCUT2D eigenvalue weighted by Crippen LogP contribution is -2.23. The van der Waals surface area contributed by atoms with Crippen molar-refractivity contribution in [3.63, 3.8) is 0 Å². The first kappa shape index (κ1) is 21.5. The minimum absolute atomic E-state index is 0.0481. The summed E-state index contributed by atoms with van der Waals surface area (Å²) < 4.78 is 9.16. The highest BCUT2D eigenvalue weighted by atomic mass is 32.2. The van der Waals surface area contributed by atoms with Crippen molar-refractivity contribution in [2.24, 2.45) is 0 Å². The van der Waals surface area contributed by atoms with Gasteiger partial charge in [0.25, 0.3) is 5.56 Å². The van der Waals surface area contributed by atoms with Crippen LogP contribution in [0, 0.1) is 13.8 Å². The summed E-state index contributed by atoms with van der Waals surface area (Å²) in [6.45, 7) is 6.65. The van der Waals surface area contributed by atoms with Crippen molar-refractivity contribution in [1.82, 2.24) is 19.2 Å². The van der Waals surface area contributed by atoms with Crippen molar-refractivity contribution in [2.45, 2.75) is 51.1 Å². The van der Waals surface area contributed by atoms with E-state index in [1.165, 1.54) is 11.8 Å². The van der Waals surface area contributed by atoms with Crippen molar-refractivity contribution in [2.75, 3.05) is 0 Å². The van der Waals surface area contributed by atoms with Crippen molar-refractivity contribution in [3.8, 4) is 0 Å². The zero-order chi connectivity index (χ0) is 23.1. The number of benzene rings is 2. The minimum atomic E-state index is -0.364. The third-order valence-corrected chi connectivity index (χ3v) is 7.07. The predicted molar refractivity (Wildman–Crippen MR) is 131 cm³/mol. The zero-order valence-corrected chi connectivity index (χ0v) is 19.6. The molecule has 0 saturated carbocycles. The van der Waals surface area contributed by atoms with E-state index >= 15 is 0 Å². The molecule has 8 heteroatoms. The molecule has 5 aromatic rings. The maximum absolute atomic E-state index is 13.1. The molecule has 33 heavy (non-hydrogen) atoms. The molecule has 2 aromatic carbocycles. The number of rotatable bonds is 6. The van der Waals surface area contributed by atoms with Crippen molar-refractivity contribution in [1.29, 1.82) is 0 Å². The SMILES string of the molecule is CCCCn1c(=O)c2ccccc2n2c(SCc3cc(=O)oc4c(C)c(C)ccc34)nnc12. The molecule has 0 atom stereocenters. The Morgan fingerprint density at radius 1 is 1.03 bits per heavy atom. The summed E-state index contributed by atoms with van der Waals surface area (Å²) in [4.78, 5) is 25.4. The van der Waals surface area contributed by atoms with E-state index < -0.39 is 0 Å². The van der Waals surface area contributed by atoms with E-state index in [2.05, 4.69) is 17.1 Å². The second-order valence-electron chi connectivity index (χ2n) is 8.21. The van der Waals surface area contributed by atoms with Gasteiger partial charge in [-0.2, -0.15) is 0 Å². The summed E-state index contributed by atoms with van der Waals surface area (Å²) in [5.41, 5.74) is 3.93. The number of aromatic nitrogens is 4. The van der Waals surface area contributed by atoms with Gasteiger partial charge >= 0.3 is 5.63 Å². The number of unbranched alkanes of at least 4 members (excludes halogenated alkanes) is 1. The predicted octanol–water partition coefficient (Wildman–Crippen LogP) is 4.86. The van der Waals surface area contributed by atoms with Crippen molar-refractivity contribution >= 4 is 39.4 Å². The lowest BCUT2D eigenvalue weighted by Gasteiger charge is -2.11. The quantitative estimate of drug-likeness (QED) is 0.266. The summed E-state index contributed by atoms with van der Waals surface area (Å²) >= 11 is 1.49. The molecule has 3 heterocycles. The van der Waals surface area contributed by atoms with E-state index in [0.717, 1.165) is 40.4 Å². The van der Waals surface area contributed by atoms with Crippen molar-refractivity contribution in [3.05, 3.63) is 79.9 Å². The molecule has 0 amide bonds. The van der Waals surface area contributed by atoms with Crippen LogP contribution >= 0.6 is 11.8 Å². The fraction of sp³-hybridized carbons (Fsp3) is 0.280. The number of fused-ring (bicyclic) bond motifs is 4. The Morgan fingerprint density at radius 2 is 1.85 bits per heavy atom. The van der Waals surface area contributed by atoms with Gasteiger partial charge in [-0.25, -0.2) is 4.79 Å². The van der Waals surface area contributed by atoms with Crippen LogP contribution in [-0.4, -0.2) is 19.2 Å². The van der Waals surface area contributed by atoms with Gasteiger partial charge in [-0.3, -0.25) is 13.8 Å². The van der Waals surface area contributed by atoms with E-state index in [0.29, 0.717) is 34.2 Å². The second kappa shape index (κ2) is 8.51. The standard InChI is InChI=1S/C25H24N4O3S/c1-4-5-12-28-23(31)19-8-6-7-9-20(19)29-24(28)26-27-25(29)33-14-17-13-21(30)32-22-16(3)15(2)10-11-18(17)22/h6-11,13H,4-5,12,14H2,1-3H3. The van der Waals surface area contributed by atoms with Crippen LogP contribution in [0.4, 0.5) is 0 Å². The molecule has 0 aliphatic carbocycles. The Balaban J connectivity index is 1.63. The first-order valence-corrected chi connectivity index (χ1v) is 12.0. The van der Waals surface area contributed by atoms with Crippen LogP contribution in [0.1, 0.15) is 36.5 Å². The van der Waals surface area contributed by atoms with Crippen LogP contribution in [-0.2, 0) is 12.3 Å². The minimum Gasteiger partial charge on any atom is -0.422 e. The average molecular weight is 461 g/mol. The highest BCUT2D eigenvalue weighted by Gasteiger charge is 2.17. The first-order valence-electron chi connectivity index (χ1n) is 11.0. The fourth-order valence-electron chi connectivity index (χ4n) is 4.13. The highest BCUT2D eigenvalue weighted by Crippen LogP contribution is 2.29. The van der Waals surface area contributed by atoms with Crippen LogP contribution in [0.3, 0.4) is 0 Å². The van der Waals surface area contributed by atoms with Gasteiger partial charge < -0.3 is 4.42 Å². The van der Waals surface area contributed by atoms with E-state index in [1.807, 2.05) is 54.6 Å². The number of hydrogen-bond donors (Lipinski definition) is 0. The molecule has 0 N–H and O–H groups in total. The molecule has 5 rings (SSSR count). The van der Waals surface area contributed by atoms with Crippen LogP contribution in [0.2, 0.25) is 0 Å². The molecular weight excluding hydrogens is 436 g/mol. The maximum atomic E-state index is 13.1. The van der Waals surface area contributed by atoms with E-state index in [9.17, 15) is 9.59 Å². The van der Waals surface area contributed by atoms with E-state index in [-0.39, 0.29) is 11.2 Å². The number of thioether (sulfide) groups is 1. The summed E-state index contributed by atoms with van der Waals surface area (Å²) in [6, 6.07) is 13.1. The lowest BCUT2D eigenvalue weighted by atomic mass is 10.0. The topological polar surface area (TPSA) is 82.4 Å². The third-order valence-electron chi connectivity index (χ3n) is 6.09. The van der Waals surface area contributed by atoms with E-state index in [1.54, 1.807) is 10.6 Å². The molecule has 0 spiro atoms. The molecule has 0 aliphatic heterocycles. The van der Waals surface area contributed by atoms with Crippen molar-refractivity contribution < 1.29 is 4.42 Å². The maximum Gasteiger partial charge on any atom is 0.336 e. The number of nitrogens with zero attached hydrogens (tertiary/aromatic N) is 4. The Hall–Kier alpha value is -3.39. The number of hydrogen-bond acceptors (Lipinski definition) is 6. The molecule has 0 radical (unpaired) electrons. The molecule has 0 unspecified atom stereocenters. The average Bonchev–Trinajstić information content (AvgIpc) is 3.24. The monoisotopic (exact) mass is 460 g/mol. The number of para-hydroxylation sites is 1. The lowest BCUT2D eigenvalue weighted by molar-refractivity contribution is 0.557. The van der Waals surface area contributed by atoms with Gasteiger partial charge in [0.1, 0.15) is 5.58 Å².